The maximum absolute atomic E-state index is 12.6. The highest BCUT2D eigenvalue weighted by atomic mass is 35.5. The zero-order valence-electron chi connectivity index (χ0n) is 17.7. The lowest BCUT2D eigenvalue weighted by Crippen LogP contribution is -2.29. The largest absolute Gasteiger partial charge is 0.346 e. The van der Waals surface area contributed by atoms with Gasteiger partial charge in [-0.3, -0.25) is 9.10 Å². The first-order chi connectivity index (χ1) is 14.6. The van der Waals surface area contributed by atoms with E-state index in [1.165, 1.54) is 9.87 Å². The first-order valence-corrected chi connectivity index (χ1v) is 12.1. The summed E-state index contributed by atoms with van der Waals surface area (Å²) in [6.07, 6.45) is 1.15. The molecule has 3 aromatic rings. The van der Waals surface area contributed by atoms with E-state index in [1.54, 1.807) is 48.5 Å². The molecule has 0 aliphatic rings. The highest BCUT2D eigenvalue weighted by Crippen LogP contribution is 2.24. The number of sulfonamides is 1. The minimum Gasteiger partial charge on any atom is -0.346 e. The summed E-state index contributed by atoms with van der Waals surface area (Å²) in [5, 5.41) is 3.45. The monoisotopic (exact) mass is 456 g/mol. The number of nitrogens with zero attached hydrogens (tertiary/aromatic N) is 1. The van der Waals surface area contributed by atoms with Crippen LogP contribution in [0.4, 0.5) is 5.69 Å². The van der Waals surface area contributed by atoms with Gasteiger partial charge in [0.25, 0.3) is 5.91 Å². The van der Waals surface area contributed by atoms with Crippen LogP contribution in [0.2, 0.25) is 5.02 Å². The van der Waals surface area contributed by atoms with Crippen LogP contribution in [0.3, 0.4) is 0 Å². The van der Waals surface area contributed by atoms with E-state index in [2.05, 4.69) is 5.32 Å². The van der Waals surface area contributed by atoms with Crippen molar-refractivity contribution in [3.63, 3.8) is 0 Å². The van der Waals surface area contributed by atoms with Crippen LogP contribution in [0, 0.1) is 6.92 Å². The number of hydrogen-bond acceptors (Lipinski definition) is 3. The molecule has 1 atom stereocenters. The molecule has 0 spiro atoms. The number of aryl methyl sites for hydroxylation is 1. The molecule has 0 fully saturated rings. The van der Waals surface area contributed by atoms with Crippen LogP contribution in [0.5, 0.6) is 0 Å². The van der Waals surface area contributed by atoms with Gasteiger partial charge in [-0.15, -0.1) is 0 Å². The molecular weight excluding hydrogens is 432 g/mol. The zero-order valence-corrected chi connectivity index (χ0v) is 19.2. The van der Waals surface area contributed by atoms with E-state index in [-0.39, 0.29) is 18.5 Å². The number of rotatable bonds is 7. The molecule has 7 heteroatoms. The van der Waals surface area contributed by atoms with Crippen molar-refractivity contribution in [2.45, 2.75) is 26.4 Å². The van der Waals surface area contributed by atoms with Crippen molar-refractivity contribution < 1.29 is 13.2 Å². The highest BCUT2D eigenvalue weighted by molar-refractivity contribution is 7.92. The molecule has 0 bridgehead atoms. The maximum Gasteiger partial charge on any atom is 0.251 e. The van der Waals surface area contributed by atoms with Gasteiger partial charge in [-0.25, -0.2) is 8.42 Å². The second kappa shape index (κ2) is 9.54. The number of anilines is 1. The van der Waals surface area contributed by atoms with Gasteiger partial charge in [-0.05, 0) is 55.3 Å². The van der Waals surface area contributed by atoms with Crippen LogP contribution in [0.15, 0.2) is 72.8 Å². The molecule has 0 unspecified atom stereocenters. The van der Waals surface area contributed by atoms with E-state index in [0.29, 0.717) is 16.3 Å². The van der Waals surface area contributed by atoms with Gasteiger partial charge in [-0.2, -0.15) is 0 Å². The van der Waals surface area contributed by atoms with Gasteiger partial charge < -0.3 is 5.32 Å². The molecule has 162 valence electrons. The fraction of sp³-hybridized carbons (Fsp3) is 0.208. The number of halogens is 1. The van der Waals surface area contributed by atoms with Gasteiger partial charge in [0.2, 0.25) is 10.0 Å². The maximum atomic E-state index is 12.6. The summed E-state index contributed by atoms with van der Waals surface area (Å²) in [6, 6.07) is 21.5. The van der Waals surface area contributed by atoms with E-state index in [1.807, 2.05) is 38.1 Å². The summed E-state index contributed by atoms with van der Waals surface area (Å²) >= 11 is 6.03. The standard InChI is InChI=1S/C24H25ClN2O3S/c1-17-7-11-20(12-8-17)18(2)26-24(28)21-13-9-19(10-14-21)16-27(31(3,29)30)23-6-4-5-22(25)15-23/h4-15,18H,16H2,1-3H3,(H,26,28)/t18-/m1/s1. The number of amides is 1. The van der Waals surface area contributed by atoms with Crippen LogP contribution in [0.1, 0.15) is 40.0 Å². The van der Waals surface area contributed by atoms with Crippen molar-refractivity contribution in [3.8, 4) is 0 Å². The third-order valence-corrected chi connectivity index (χ3v) is 6.34. The number of carbonyl (C=O) groups is 1. The number of benzene rings is 3. The molecule has 3 aromatic carbocycles. The van der Waals surface area contributed by atoms with Gasteiger partial charge in [0.15, 0.2) is 0 Å². The Bertz CT molecular complexity index is 1160. The zero-order chi connectivity index (χ0) is 22.6. The minimum absolute atomic E-state index is 0.128. The Labute approximate surface area is 188 Å². The Kier molecular flexibility index (Phi) is 7.03. The van der Waals surface area contributed by atoms with Crippen molar-refractivity contribution >= 4 is 33.2 Å². The summed E-state index contributed by atoms with van der Waals surface area (Å²) in [7, 11) is -3.51. The Balaban J connectivity index is 1.72. The molecule has 5 nitrogen and oxygen atoms in total. The molecule has 31 heavy (non-hydrogen) atoms. The van der Waals surface area contributed by atoms with Crippen molar-refractivity contribution in [1.29, 1.82) is 0 Å². The number of nitrogens with one attached hydrogen (secondary N) is 1. The Morgan fingerprint density at radius 2 is 1.68 bits per heavy atom. The summed E-state index contributed by atoms with van der Waals surface area (Å²) < 4.78 is 25.9. The normalized spacial score (nSPS) is 12.3. The molecule has 0 aliphatic heterocycles. The van der Waals surface area contributed by atoms with E-state index < -0.39 is 10.0 Å². The Morgan fingerprint density at radius 3 is 2.26 bits per heavy atom. The smallest absolute Gasteiger partial charge is 0.251 e. The molecule has 0 saturated carbocycles. The predicted octanol–water partition coefficient (Wildman–Crippen LogP) is 5.11. The first kappa shape index (κ1) is 22.8. The summed E-state index contributed by atoms with van der Waals surface area (Å²) in [6.45, 7) is 4.10. The van der Waals surface area contributed by atoms with Crippen molar-refractivity contribution in [2.24, 2.45) is 0 Å². The second-order valence-corrected chi connectivity index (χ2v) is 9.90. The molecule has 3 rings (SSSR count). The number of carbonyl (C=O) groups excluding carboxylic acids is 1. The fourth-order valence-electron chi connectivity index (χ4n) is 3.18. The first-order valence-electron chi connectivity index (χ1n) is 9.83. The molecule has 0 saturated heterocycles. The van der Waals surface area contributed by atoms with Gasteiger partial charge in [0.1, 0.15) is 0 Å². The lowest BCUT2D eigenvalue weighted by atomic mass is 10.1. The Hall–Kier alpha value is -2.83. The van der Waals surface area contributed by atoms with Crippen LogP contribution in [-0.2, 0) is 16.6 Å². The van der Waals surface area contributed by atoms with E-state index in [4.69, 9.17) is 11.6 Å². The third-order valence-electron chi connectivity index (χ3n) is 4.96. The van der Waals surface area contributed by atoms with Crippen molar-refractivity contribution in [1.82, 2.24) is 5.32 Å². The van der Waals surface area contributed by atoms with Crippen molar-refractivity contribution in [2.75, 3.05) is 10.6 Å². The second-order valence-electron chi connectivity index (χ2n) is 7.55. The summed E-state index contributed by atoms with van der Waals surface area (Å²) in [5.41, 5.74) is 3.95. The third kappa shape index (κ3) is 6.09. The van der Waals surface area contributed by atoms with Crippen LogP contribution >= 0.6 is 11.6 Å². The lowest BCUT2D eigenvalue weighted by Gasteiger charge is -2.23. The molecule has 1 amide bonds. The van der Waals surface area contributed by atoms with Gasteiger partial charge in [0, 0.05) is 10.6 Å². The van der Waals surface area contributed by atoms with Gasteiger partial charge in [-0.1, -0.05) is 59.6 Å². The quantitative estimate of drug-likeness (QED) is 0.537. The lowest BCUT2D eigenvalue weighted by molar-refractivity contribution is 0.0940. The van der Waals surface area contributed by atoms with Gasteiger partial charge in [0.05, 0.1) is 24.5 Å². The average Bonchev–Trinajstić information content (AvgIpc) is 2.72. The molecule has 0 aliphatic carbocycles. The average molecular weight is 457 g/mol. The van der Waals surface area contributed by atoms with Crippen molar-refractivity contribution in [3.05, 3.63) is 100 Å². The van der Waals surface area contributed by atoms with Crippen LogP contribution in [-0.4, -0.2) is 20.6 Å². The fourth-order valence-corrected chi connectivity index (χ4v) is 4.24. The number of hydrogen-bond donors (Lipinski definition) is 1. The van der Waals surface area contributed by atoms with Crippen LogP contribution < -0.4 is 9.62 Å². The molecular formula is C24H25ClN2O3S. The molecule has 0 aromatic heterocycles. The van der Waals surface area contributed by atoms with Gasteiger partial charge >= 0.3 is 0 Å². The predicted molar refractivity (Wildman–Crippen MR) is 126 cm³/mol. The summed E-state index contributed by atoms with van der Waals surface area (Å²) in [4.78, 5) is 12.6. The SMILES string of the molecule is Cc1ccc([C@@H](C)NC(=O)c2ccc(CN(c3cccc(Cl)c3)S(C)(=O)=O)cc2)cc1. The molecule has 0 heterocycles. The molecule has 0 radical (unpaired) electrons. The highest BCUT2D eigenvalue weighted by Gasteiger charge is 2.19. The topological polar surface area (TPSA) is 66.5 Å². The summed E-state index contributed by atoms with van der Waals surface area (Å²) in [5.74, 6) is -0.186. The van der Waals surface area contributed by atoms with E-state index in [0.717, 1.165) is 17.4 Å². The minimum atomic E-state index is -3.51. The molecule has 1 N–H and O–H groups in total. The van der Waals surface area contributed by atoms with E-state index in [9.17, 15) is 13.2 Å². The van der Waals surface area contributed by atoms with E-state index >= 15 is 0 Å². The Morgan fingerprint density at radius 1 is 1.03 bits per heavy atom. The van der Waals surface area contributed by atoms with Crippen LogP contribution in [0.25, 0.3) is 0 Å².